The van der Waals surface area contributed by atoms with Crippen LogP contribution in [0, 0.1) is 6.92 Å². The summed E-state index contributed by atoms with van der Waals surface area (Å²) in [5.74, 6) is 0. The Morgan fingerprint density at radius 3 is 2.43 bits per heavy atom. The van der Waals surface area contributed by atoms with Gasteiger partial charge in [-0.3, -0.25) is 4.57 Å². The Morgan fingerprint density at radius 2 is 1.86 bits per heavy atom. The number of thioether (sulfide) groups is 1. The van der Waals surface area contributed by atoms with Crippen molar-refractivity contribution in [3.63, 3.8) is 0 Å². The number of aromatic amines is 1. The topological polar surface area (TPSA) is 76.7 Å². The molecule has 0 aliphatic rings. The highest BCUT2D eigenvalue weighted by atomic mass is 32.2. The normalized spacial score (nSPS) is 14.4. The van der Waals surface area contributed by atoms with Crippen molar-refractivity contribution in [1.29, 1.82) is 0 Å². The number of hydrogen-bond donors (Lipinski definition) is 2. The number of H-pyrrole nitrogens is 1. The van der Waals surface area contributed by atoms with E-state index in [1.165, 1.54) is 17.3 Å². The molecule has 1 heterocycles. The van der Waals surface area contributed by atoms with Gasteiger partial charge in [0.1, 0.15) is 0 Å². The second-order valence-corrected chi connectivity index (χ2v) is 6.88. The molecule has 0 radical (unpaired) electrons. The lowest BCUT2D eigenvalue weighted by atomic mass is 10.0. The molecule has 6 heteroatoms. The Hall–Kier alpha value is -1.53. The molecule has 5 nitrogen and oxygen atoms in total. The maximum absolute atomic E-state index is 11.7. The summed E-state index contributed by atoms with van der Waals surface area (Å²) < 4.78 is 1.66. The van der Waals surface area contributed by atoms with Gasteiger partial charge in [-0.25, -0.2) is 9.89 Å². The van der Waals surface area contributed by atoms with Crippen molar-refractivity contribution in [1.82, 2.24) is 14.8 Å². The molecule has 0 aliphatic carbocycles. The van der Waals surface area contributed by atoms with Crippen LogP contribution in [0.25, 0.3) is 0 Å². The molecule has 0 saturated carbocycles. The van der Waals surface area contributed by atoms with E-state index in [0.29, 0.717) is 5.16 Å². The fourth-order valence-corrected chi connectivity index (χ4v) is 3.27. The summed E-state index contributed by atoms with van der Waals surface area (Å²) in [6.45, 7) is 8.04. The molecule has 2 rings (SSSR count). The van der Waals surface area contributed by atoms with Crippen LogP contribution in [0.5, 0.6) is 0 Å². The summed E-state index contributed by atoms with van der Waals surface area (Å²) in [6, 6.07) is 8.19. The smallest absolute Gasteiger partial charge is 0.323 e. The molecule has 0 spiro atoms. The average Bonchev–Trinajstić information content (AvgIpc) is 2.79. The van der Waals surface area contributed by atoms with Crippen molar-refractivity contribution in [3.8, 4) is 0 Å². The standard InChI is InChI=1S/C15H22N4OS/c1-9(2)19-14(20)17-18-15(19)21-11(4)13(16)12-7-5-10(3)6-8-12/h5-9,11,13H,16H2,1-4H3,(H,17,20). The zero-order valence-electron chi connectivity index (χ0n) is 12.8. The first-order chi connectivity index (χ1) is 9.90. The van der Waals surface area contributed by atoms with E-state index in [1.807, 2.05) is 13.8 Å². The third-order valence-corrected chi connectivity index (χ3v) is 4.61. The molecule has 2 aromatic rings. The number of nitrogens with zero attached hydrogens (tertiary/aromatic N) is 2. The van der Waals surface area contributed by atoms with Crippen LogP contribution in [-0.4, -0.2) is 20.0 Å². The van der Waals surface area contributed by atoms with Crippen LogP contribution in [-0.2, 0) is 0 Å². The minimum absolute atomic E-state index is 0.0709. The lowest BCUT2D eigenvalue weighted by Crippen LogP contribution is -2.23. The molecule has 1 aromatic carbocycles. The lowest BCUT2D eigenvalue weighted by molar-refractivity contribution is 0.532. The van der Waals surface area contributed by atoms with E-state index in [9.17, 15) is 4.79 Å². The van der Waals surface area contributed by atoms with Crippen molar-refractivity contribution < 1.29 is 0 Å². The molecule has 0 bridgehead atoms. The first-order valence-corrected chi connectivity index (χ1v) is 7.93. The van der Waals surface area contributed by atoms with Crippen LogP contribution in [0.15, 0.2) is 34.2 Å². The summed E-state index contributed by atoms with van der Waals surface area (Å²) in [5, 5.41) is 7.40. The van der Waals surface area contributed by atoms with Crippen molar-refractivity contribution in [2.75, 3.05) is 0 Å². The average molecular weight is 306 g/mol. The number of hydrogen-bond acceptors (Lipinski definition) is 4. The van der Waals surface area contributed by atoms with E-state index in [1.54, 1.807) is 4.57 Å². The van der Waals surface area contributed by atoms with Crippen LogP contribution >= 0.6 is 11.8 Å². The fraction of sp³-hybridized carbons (Fsp3) is 0.467. The van der Waals surface area contributed by atoms with Crippen molar-refractivity contribution >= 4 is 11.8 Å². The van der Waals surface area contributed by atoms with Gasteiger partial charge >= 0.3 is 5.69 Å². The van der Waals surface area contributed by atoms with Gasteiger partial charge in [0.2, 0.25) is 0 Å². The van der Waals surface area contributed by atoms with Gasteiger partial charge < -0.3 is 5.73 Å². The Morgan fingerprint density at radius 1 is 1.24 bits per heavy atom. The van der Waals surface area contributed by atoms with Crippen LogP contribution in [0.2, 0.25) is 0 Å². The molecule has 21 heavy (non-hydrogen) atoms. The maximum Gasteiger partial charge on any atom is 0.344 e. The highest BCUT2D eigenvalue weighted by Gasteiger charge is 2.20. The third kappa shape index (κ3) is 3.57. The van der Waals surface area contributed by atoms with E-state index >= 15 is 0 Å². The predicted molar refractivity (Wildman–Crippen MR) is 86.7 cm³/mol. The number of aromatic nitrogens is 3. The number of aryl methyl sites for hydroxylation is 1. The van der Waals surface area contributed by atoms with Gasteiger partial charge in [-0.2, -0.15) is 0 Å². The molecule has 0 saturated heterocycles. The third-order valence-electron chi connectivity index (χ3n) is 3.45. The predicted octanol–water partition coefficient (Wildman–Crippen LogP) is 2.64. The minimum Gasteiger partial charge on any atom is -0.323 e. The van der Waals surface area contributed by atoms with Gasteiger partial charge in [-0.15, -0.1) is 5.10 Å². The molecule has 2 atom stereocenters. The number of nitrogens with two attached hydrogens (primary N) is 1. The molecule has 0 amide bonds. The van der Waals surface area contributed by atoms with Crippen molar-refractivity contribution in [2.45, 2.75) is 50.2 Å². The summed E-state index contributed by atoms with van der Waals surface area (Å²) in [4.78, 5) is 11.7. The molecule has 3 N–H and O–H groups in total. The van der Waals surface area contributed by atoms with E-state index in [4.69, 9.17) is 5.73 Å². The van der Waals surface area contributed by atoms with E-state index in [-0.39, 0.29) is 23.0 Å². The molecule has 1 aromatic heterocycles. The Balaban J connectivity index is 2.16. The van der Waals surface area contributed by atoms with Gasteiger partial charge in [0.15, 0.2) is 5.16 Å². The molecule has 2 unspecified atom stereocenters. The minimum atomic E-state index is -0.177. The van der Waals surface area contributed by atoms with Crippen LogP contribution in [0.1, 0.15) is 44.0 Å². The Kier molecular flexibility index (Phi) is 4.90. The van der Waals surface area contributed by atoms with Crippen molar-refractivity contribution in [3.05, 3.63) is 45.9 Å². The Labute approximate surface area is 128 Å². The summed E-state index contributed by atoms with van der Waals surface area (Å²) in [6.07, 6.45) is 0. The van der Waals surface area contributed by atoms with Crippen LogP contribution in [0.3, 0.4) is 0 Å². The number of nitrogens with one attached hydrogen (secondary N) is 1. The van der Waals surface area contributed by atoms with E-state index in [2.05, 4.69) is 48.3 Å². The number of rotatable bonds is 5. The molecule has 114 valence electrons. The zero-order valence-corrected chi connectivity index (χ0v) is 13.6. The maximum atomic E-state index is 11.7. The molecule has 0 fully saturated rings. The molecular formula is C15H22N4OS. The lowest BCUT2D eigenvalue weighted by Gasteiger charge is -2.20. The highest BCUT2D eigenvalue weighted by molar-refractivity contribution is 7.99. The summed E-state index contributed by atoms with van der Waals surface area (Å²) in [5.41, 5.74) is 8.45. The van der Waals surface area contributed by atoms with Crippen molar-refractivity contribution in [2.24, 2.45) is 5.73 Å². The second kappa shape index (κ2) is 6.49. The van der Waals surface area contributed by atoms with E-state index in [0.717, 1.165) is 5.56 Å². The first kappa shape index (κ1) is 15.9. The van der Waals surface area contributed by atoms with Crippen LogP contribution in [0.4, 0.5) is 0 Å². The quantitative estimate of drug-likeness (QED) is 0.833. The van der Waals surface area contributed by atoms with Gasteiger partial charge in [0.05, 0.1) is 0 Å². The SMILES string of the molecule is Cc1ccc(C(N)C(C)Sc2n[nH]c(=O)n2C(C)C)cc1. The monoisotopic (exact) mass is 306 g/mol. The number of benzene rings is 1. The first-order valence-electron chi connectivity index (χ1n) is 7.06. The summed E-state index contributed by atoms with van der Waals surface area (Å²) in [7, 11) is 0. The van der Waals surface area contributed by atoms with E-state index < -0.39 is 0 Å². The van der Waals surface area contributed by atoms with Gasteiger partial charge in [0.25, 0.3) is 0 Å². The van der Waals surface area contributed by atoms with Gasteiger partial charge in [0, 0.05) is 17.3 Å². The van der Waals surface area contributed by atoms with Gasteiger partial charge in [-0.05, 0) is 26.3 Å². The largest absolute Gasteiger partial charge is 0.344 e. The molecular weight excluding hydrogens is 284 g/mol. The fourth-order valence-electron chi connectivity index (χ4n) is 2.13. The summed E-state index contributed by atoms with van der Waals surface area (Å²) >= 11 is 1.52. The second-order valence-electron chi connectivity index (χ2n) is 5.53. The zero-order chi connectivity index (χ0) is 15.6. The van der Waals surface area contributed by atoms with Crippen LogP contribution < -0.4 is 11.4 Å². The highest BCUT2D eigenvalue weighted by Crippen LogP contribution is 2.29. The molecule has 0 aliphatic heterocycles. The Bertz CT molecular complexity index is 644. The van der Waals surface area contributed by atoms with Gasteiger partial charge in [-0.1, -0.05) is 48.5 Å².